The van der Waals surface area contributed by atoms with Gasteiger partial charge in [0.15, 0.2) is 0 Å². The first kappa shape index (κ1) is 16.8. The van der Waals surface area contributed by atoms with Crippen LogP contribution in [0.15, 0.2) is 0 Å². The highest BCUT2D eigenvalue weighted by atomic mass is 16.2. The number of carbonyl (C=O) groups excluding carboxylic acids is 1. The highest BCUT2D eigenvalue weighted by molar-refractivity contribution is 5.79. The van der Waals surface area contributed by atoms with Gasteiger partial charge in [-0.05, 0) is 56.4 Å². The fourth-order valence-corrected chi connectivity index (χ4v) is 3.83. The van der Waals surface area contributed by atoms with Gasteiger partial charge < -0.3 is 4.90 Å². The minimum Gasteiger partial charge on any atom is -0.337 e. The van der Waals surface area contributed by atoms with Crippen molar-refractivity contribution in [3.05, 3.63) is 0 Å². The summed E-state index contributed by atoms with van der Waals surface area (Å²) in [6.07, 6.45) is 6.26. The summed E-state index contributed by atoms with van der Waals surface area (Å²) in [5, 5.41) is 0. The lowest BCUT2D eigenvalue weighted by molar-refractivity contribution is -0.139. The summed E-state index contributed by atoms with van der Waals surface area (Å²) in [4.78, 5) is 17.0. The highest BCUT2D eigenvalue weighted by Gasteiger charge is 2.32. The van der Waals surface area contributed by atoms with Crippen molar-refractivity contribution in [2.45, 2.75) is 65.8 Å². The molecule has 0 spiro atoms. The van der Waals surface area contributed by atoms with Crippen LogP contribution in [0.1, 0.15) is 59.8 Å². The lowest BCUT2D eigenvalue weighted by Crippen LogP contribution is -2.54. The monoisotopic (exact) mass is 294 g/mol. The van der Waals surface area contributed by atoms with E-state index < -0.39 is 0 Å². The van der Waals surface area contributed by atoms with Crippen molar-refractivity contribution in [3.63, 3.8) is 0 Å². The number of hydrogen-bond donors (Lipinski definition) is 0. The SMILES string of the molecule is CC(C)CCN1CCN(C2CCC(C(C)C)CC2)C(=O)C1. The molecule has 0 atom stereocenters. The molecule has 122 valence electrons. The number of amides is 1. The third kappa shape index (κ3) is 4.70. The number of hydrogen-bond acceptors (Lipinski definition) is 2. The van der Waals surface area contributed by atoms with E-state index in [1.165, 1.54) is 32.1 Å². The first-order valence-corrected chi connectivity index (χ1v) is 8.99. The van der Waals surface area contributed by atoms with E-state index in [4.69, 9.17) is 0 Å². The van der Waals surface area contributed by atoms with E-state index in [2.05, 4.69) is 37.5 Å². The van der Waals surface area contributed by atoms with Crippen molar-refractivity contribution < 1.29 is 4.79 Å². The molecular formula is C18H34N2O. The van der Waals surface area contributed by atoms with Crippen molar-refractivity contribution in [1.82, 2.24) is 9.80 Å². The van der Waals surface area contributed by atoms with Crippen LogP contribution in [0.4, 0.5) is 0 Å². The Morgan fingerprint density at radius 1 is 1.05 bits per heavy atom. The van der Waals surface area contributed by atoms with Gasteiger partial charge >= 0.3 is 0 Å². The smallest absolute Gasteiger partial charge is 0.237 e. The van der Waals surface area contributed by atoms with Crippen molar-refractivity contribution >= 4 is 5.91 Å². The average Bonchev–Trinajstić information content (AvgIpc) is 2.45. The van der Waals surface area contributed by atoms with E-state index in [0.29, 0.717) is 18.5 Å². The molecule has 1 heterocycles. The largest absolute Gasteiger partial charge is 0.337 e. The van der Waals surface area contributed by atoms with Gasteiger partial charge in [-0.3, -0.25) is 9.69 Å². The van der Waals surface area contributed by atoms with Gasteiger partial charge in [0.05, 0.1) is 6.54 Å². The summed E-state index contributed by atoms with van der Waals surface area (Å²) < 4.78 is 0. The first-order valence-electron chi connectivity index (χ1n) is 8.99. The van der Waals surface area contributed by atoms with Gasteiger partial charge in [0.1, 0.15) is 0 Å². The van der Waals surface area contributed by atoms with Crippen LogP contribution < -0.4 is 0 Å². The van der Waals surface area contributed by atoms with Gasteiger partial charge in [-0.15, -0.1) is 0 Å². The summed E-state index contributed by atoms with van der Waals surface area (Å²) in [5.74, 6) is 2.78. The maximum absolute atomic E-state index is 12.4. The van der Waals surface area contributed by atoms with E-state index in [1.54, 1.807) is 0 Å². The second-order valence-corrected chi connectivity index (χ2v) is 7.86. The van der Waals surface area contributed by atoms with Gasteiger partial charge in [0, 0.05) is 19.1 Å². The zero-order valence-corrected chi connectivity index (χ0v) is 14.5. The molecule has 1 saturated carbocycles. The highest BCUT2D eigenvalue weighted by Crippen LogP contribution is 2.32. The predicted molar refractivity (Wildman–Crippen MR) is 88.2 cm³/mol. The Morgan fingerprint density at radius 2 is 1.71 bits per heavy atom. The van der Waals surface area contributed by atoms with Gasteiger partial charge in [-0.25, -0.2) is 0 Å². The summed E-state index contributed by atoms with van der Waals surface area (Å²) >= 11 is 0. The van der Waals surface area contributed by atoms with Crippen LogP contribution in [-0.4, -0.2) is 47.9 Å². The summed E-state index contributed by atoms with van der Waals surface area (Å²) in [7, 11) is 0. The third-order valence-electron chi connectivity index (χ3n) is 5.48. The van der Waals surface area contributed by atoms with Crippen LogP contribution in [-0.2, 0) is 4.79 Å². The Kier molecular flexibility index (Phi) is 6.09. The molecule has 2 aliphatic rings. The molecule has 2 rings (SSSR count). The molecule has 3 nitrogen and oxygen atoms in total. The van der Waals surface area contributed by atoms with Crippen molar-refractivity contribution in [1.29, 1.82) is 0 Å². The molecule has 1 saturated heterocycles. The number of piperazine rings is 1. The van der Waals surface area contributed by atoms with Crippen LogP contribution >= 0.6 is 0 Å². The van der Waals surface area contributed by atoms with Crippen molar-refractivity contribution in [2.75, 3.05) is 26.2 Å². The Hall–Kier alpha value is -0.570. The molecule has 0 N–H and O–H groups in total. The van der Waals surface area contributed by atoms with Gasteiger partial charge in [-0.1, -0.05) is 27.7 Å². The maximum Gasteiger partial charge on any atom is 0.237 e. The Morgan fingerprint density at radius 3 is 2.24 bits per heavy atom. The molecule has 3 heteroatoms. The number of nitrogens with zero attached hydrogens (tertiary/aromatic N) is 2. The second kappa shape index (κ2) is 7.62. The van der Waals surface area contributed by atoms with Gasteiger partial charge in [-0.2, -0.15) is 0 Å². The summed E-state index contributed by atoms with van der Waals surface area (Å²) in [6.45, 7) is 12.9. The molecule has 1 amide bonds. The van der Waals surface area contributed by atoms with Crippen molar-refractivity contribution in [3.8, 4) is 0 Å². The van der Waals surface area contributed by atoms with E-state index >= 15 is 0 Å². The van der Waals surface area contributed by atoms with Crippen LogP contribution in [0.3, 0.4) is 0 Å². The maximum atomic E-state index is 12.4. The molecule has 0 aromatic carbocycles. The zero-order valence-electron chi connectivity index (χ0n) is 14.5. The predicted octanol–water partition coefficient (Wildman–Crippen LogP) is 3.39. The molecule has 0 aromatic heterocycles. The Labute approximate surface area is 131 Å². The normalized spacial score (nSPS) is 28.7. The minimum absolute atomic E-state index is 0.373. The standard InChI is InChI=1S/C18H34N2O/c1-14(2)9-10-19-11-12-20(18(21)13-19)17-7-5-16(6-8-17)15(3)4/h14-17H,5-13H2,1-4H3. The van der Waals surface area contributed by atoms with Gasteiger partial charge in [0.2, 0.25) is 5.91 Å². The van der Waals surface area contributed by atoms with Crippen molar-refractivity contribution in [2.24, 2.45) is 17.8 Å². The van der Waals surface area contributed by atoms with E-state index in [-0.39, 0.29) is 0 Å². The third-order valence-corrected chi connectivity index (χ3v) is 5.48. The van der Waals surface area contributed by atoms with Crippen LogP contribution in [0.25, 0.3) is 0 Å². The molecular weight excluding hydrogens is 260 g/mol. The molecule has 2 fully saturated rings. The minimum atomic E-state index is 0.373. The molecule has 0 radical (unpaired) electrons. The second-order valence-electron chi connectivity index (χ2n) is 7.86. The van der Waals surface area contributed by atoms with E-state index in [1.807, 2.05) is 0 Å². The fourth-order valence-electron chi connectivity index (χ4n) is 3.83. The molecule has 1 aliphatic carbocycles. The lowest BCUT2D eigenvalue weighted by Gasteiger charge is -2.42. The number of rotatable bonds is 5. The zero-order chi connectivity index (χ0) is 15.4. The Bertz CT molecular complexity index is 332. The Balaban J connectivity index is 1.77. The van der Waals surface area contributed by atoms with E-state index in [9.17, 15) is 4.79 Å². The molecule has 0 bridgehead atoms. The summed E-state index contributed by atoms with van der Waals surface area (Å²) in [6, 6.07) is 0.528. The van der Waals surface area contributed by atoms with Crippen LogP contribution in [0.5, 0.6) is 0 Å². The number of carbonyl (C=O) groups is 1. The average molecular weight is 294 g/mol. The molecule has 0 aromatic rings. The van der Waals surface area contributed by atoms with Crippen LogP contribution in [0.2, 0.25) is 0 Å². The molecule has 0 unspecified atom stereocenters. The molecule has 1 aliphatic heterocycles. The topological polar surface area (TPSA) is 23.6 Å². The quantitative estimate of drug-likeness (QED) is 0.776. The van der Waals surface area contributed by atoms with E-state index in [0.717, 1.165) is 37.4 Å². The van der Waals surface area contributed by atoms with Gasteiger partial charge in [0.25, 0.3) is 0 Å². The lowest BCUT2D eigenvalue weighted by atomic mass is 9.79. The van der Waals surface area contributed by atoms with Crippen LogP contribution in [0, 0.1) is 17.8 Å². The first-order chi connectivity index (χ1) is 9.97. The molecule has 21 heavy (non-hydrogen) atoms. The fraction of sp³-hybridized carbons (Fsp3) is 0.944. The summed E-state index contributed by atoms with van der Waals surface area (Å²) in [5.41, 5.74) is 0.